The Bertz CT molecular complexity index is 1000. The van der Waals surface area contributed by atoms with E-state index in [9.17, 15) is 9.59 Å². The molecule has 3 amide bonds. The molecule has 7 nitrogen and oxygen atoms in total. The number of thioether (sulfide) groups is 1. The zero-order valence-corrected chi connectivity index (χ0v) is 16.8. The van der Waals surface area contributed by atoms with E-state index in [0.717, 1.165) is 16.8 Å². The molecule has 0 unspecified atom stereocenters. The molecule has 0 aliphatic carbocycles. The van der Waals surface area contributed by atoms with Gasteiger partial charge in [0.1, 0.15) is 0 Å². The lowest BCUT2D eigenvalue weighted by Gasteiger charge is -2.11. The number of aromatic nitrogens is 3. The van der Waals surface area contributed by atoms with Gasteiger partial charge in [-0.25, -0.2) is 4.79 Å². The highest BCUT2D eigenvalue weighted by atomic mass is 32.2. The number of hydrogen-bond acceptors (Lipinski definition) is 5. The van der Waals surface area contributed by atoms with E-state index in [4.69, 9.17) is 0 Å². The first-order chi connectivity index (χ1) is 14.1. The van der Waals surface area contributed by atoms with Crippen LogP contribution in [-0.2, 0) is 4.79 Å². The minimum absolute atomic E-state index is 0.0281. The molecule has 148 valence electrons. The molecule has 29 heavy (non-hydrogen) atoms. The van der Waals surface area contributed by atoms with Gasteiger partial charge in [-0.3, -0.25) is 14.7 Å². The zero-order valence-electron chi connectivity index (χ0n) is 16.0. The summed E-state index contributed by atoms with van der Waals surface area (Å²) in [6, 6.07) is 17.2. The molecule has 0 fully saturated rings. The maximum atomic E-state index is 12.1. The Labute approximate surface area is 173 Å². The molecule has 3 aromatic rings. The summed E-state index contributed by atoms with van der Waals surface area (Å²) in [7, 11) is 0. The quantitative estimate of drug-likeness (QED) is 0.463. The lowest BCUT2D eigenvalue weighted by molar-refractivity contribution is -0.117. The third-order valence-electron chi connectivity index (χ3n) is 3.95. The van der Waals surface area contributed by atoms with Crippen LogP contribution in [0.15, 0.2) is 72.4 Å². The van der Waals surface area contributed by atoms with Crippen molar-refractivity contribution in [3.05, 3.63) is 72.8 Å². The summed E-state index contributed by atoms with van der Waals surface area (Å²) in [5, 5.41) is 13.9. The fraction of sp³-hybridized carbons (Fsp3) is 0.143. The van der Waals surface area contributed by atoms with Crippen molar-refractivity contribution in [2.45, 2.75) is 12.1 Å². The van der Waals surface area contributed by atoms with Gasteiger partial charge < -0.3 is 5.32 Å². The van der Waals surface area contributed by atoms with Gasteiger partial charge in [-0.05, 0) is 19.1 Å². The zero-order chi connectivity index (χ0) is 20.6. The third-order valence-corrected chi connectivity index (χ3v) is 4.88. The van der Waals surface area contributed by atoms with Crippen molar-refractivity contribution in [2.24, 2.45) is 0 Å². The van der Waals surface area contributed by atoms with Crippen molar-refractivity contribution in [1.82, 2.24) is 25.4 Å². The van der Waals surface area contributed by atoms with Crippen LogP contribution in [0.5, 0.6) is 0 Å². The summed E-state index contributed by atoms with van der Waals surface area (Å²) in [5.74, 6) is 0.290. The number of nitrogens with zero attached hydrogens (tertiary/aromatic N) is 3. The molecule has 2 N–H and O–H groups in total. The monoisotopic (exact) mass is 407 g/mol. The average molecular weight is 407 g/mol. The number of rotatable bonds is 7. The molecule has 2 aromatic carbocycles. The van der Waals surface area contributed by atoms with Crippen LogP contribution in [-0.4, -0.2) is 39.0 Å². The predicted octanol–water partition coefficient (Wildman–Crippen LogP) is 3.35. The second-order valence-corrected chi connectivity index (χ2v) is 7.12. The molecular formula is C21H21N5O2S. The number of benzene rings is 2. The highest BCUT2D eigenvalue weighted by molar-refractivity contribution is 7.99. The smallest absolute Gasteiger partial charge is 0.321 e. The lowest BCUT2D eigenvalue weighted by atomic mass is 10.2. The van der Waals surface area contributed by atoms with E-state index in [1.54, 1.807) is 0 Å². The minimum Gasteiger partial charge on any atom is -0.334 e. The van der Waals surface area contributed by atoms with Gasteiger partial charge in [-0.1, -0.05) is 65.9 Å². The molecule has 3 rings (SSSR count). The molecule has 1 heterocycles. The van der Waals surface area contributed by atoms with Crippen LogP contribution in [0.1, 0.15) is 5.56 Å². The van der Waals surface area contributed by atoms with Gasteiger partial charge in [-0.15, -0.1) is 16.8 Å². The average Bonchev–Trinajstić information content (AvgIpc) is 3.16. The molecule has 0 atom stereocenters. The van der Waals surface area contributed by atoms with Gasteiger partial charge in [0, 0.05) is 17.8 Å². The van der Waals surface area contributed by atoms with E-state index in [0.29, 0.717) is 11.0 Å². The van der Waals surface area contributed by atoms with Crippen molar-refractivity contribution < 1.29 is 9.59 Å². The molecular weight excluding hydrogens is 386 g/mol. The summed E-state index contributed by atoms with van der Waals surface area (Å²) < 4.78 is 1.91. The Balaban J connectivity index is 1.82. The first-order valence-electron chi connectivity index (χ1n) is 8.97. The largest absolute Gasteiger partial charge is 0.334 e. The van der Waals surface area contributed by atoms with Gasteiger partial charge in [0.15, 0.2) is 11.0 Å². The topological polar surface area (TPSA) is 88.9 Å². The number of hydrogen-bond donors (Lipinski definition) is 2. The van der Waals surface area contributed by atoms with E-state index in [1.807, 2.05) is 66.1 Å². The molecule has 0 spiro atoms. The predicted molar refractivity (Wildman–Crippen MR) is 114 cm³/mol. The van der Waals surface area contributed by atoms with Crippen molar-refractivity contribution in [3.63, 3.8) is 0 Å². The first-order valence-corrected chi connectivity index (χ1v) is 9.96. The SMILES string of the molecule is C=CCNC(=O)NC(=O)CSc1nnc(-c2ccccc2)n1-c1ccc(C)cc1. The second-order valence-electron chi connectivity index (χ2n) is 6.18. The van der Waals surface area contributed by atoms with Gasteiger partial charge in [-0.2, -0.15) is 0 Å². The number of amides is 3. The van der Waals surface area contributed by atoms with Crippen molar-refractivity contribution >= 4 is 23.7 Å². The summed E-state index contributed by atoms with van der Waals surface area (Å²) >= 11 is 1.21. The van der Waals surface area contributed by atoms with Crippen LogP contribution in [0, 0.1) is 6.92 Å². The van der Waals surface area contributed by atoms with Crippen molar-refractivity contribution in [3.8, 4) is 17.1 Å². The molecule has 0 saturated carbocycles. The molecule has 0 aliphatic heterocycles. The van der Waals surface area contributed by atoms with Crippen LogP contribution >= 0.6 is 11.8 Å². The highest BCUT2D eigenvalue weighted by Crippen LogP contribution is 2.27. The van der Waals surface area contributed by atoms with Crippen molar-refractivity contribution in [1.29, 1.82) is 0 Å². The summed E-state index contributed by atoms with van der Waals surface area (Å²) in [6.07, 6.45) is 1.54. The normalized spacial score (nSPS) is 10.4. The Morgan fingerprint density at radius 3 is 2.52 bits per heavy atom. The van der Waals surface area contributed by atoms with Crippen LogP contribution < -0.4 is 10.6 Å². The second kappa shape index (κ2) is 9.70. The fourth-order valence-corrected chi connectivity index (χ4v) is 3.32. The van der Waals surface area contributed by atoms with E-state index in [1.165, 1.54) is 17.8 Å². The Morgan fingerprint density at radius 1 is 1.10 bits per heavy atom. The highest BCUT2D eigenvalue weighted by Gasteiger charge is 2.17. The number of imide groups is 1. The summed E-state index contributed by atoms with van der Waals surface area (Å²) in [4.78, 5) is 23.7. The lowest BCUT2D eigenvalue weighted by Crippen LogP contribution is -2.40. The molecule has 8 heteroatoms. The summed E-state index contributed by atoms with van der Waals surface area (Å²) in [5.41, 5.74) is 2.95. The first kappa shape index (κ1) is 20.3. The third kappa shape index (κ3) is 5.32. The van der Waals surface area contributed by atoms with Crippen LogP contribution in [0.25, 0.3) is 17.1 Å². The maximum Gasteiger partial charge on any atom is 0.321 e. The van der Waals surface area contributed by atoms with Gasteiger partial charge >= 0.3 is 6.03 Å². The fourth-order valence-electron chi connectivity index (χ4n) is 2.57. The Kier molecular flexibility index (Phi) is 6.80. The van der Waals surface area contributed by atoms with Crippen molar-refractivity contribution in [2.75, 3.05) is 12.3 Å². The number of aryl methyl sites for hydroxylation is 1. The Morgan fingerprint density at radius 2 is 1.83 bits per heavy atom. The number of carbonyl (C=O) groups is 2. The summed E-state index contributed by atoms with van der Waals surface area (Å²) in [6.45, 7) is 5.81. The van der Waals surface area contributed by atoms with Crippen LogP contribution in [0.4, 0.5) is 4.79 Å². The van der Waals surface area contributed by atoms with E-state index >= 15 is 0 Å². The Hall–Kier alpha value is -3.39. The molecule has 0 aliphatic rings. The number of nitrogens with one attached hydrogen (secondary N) is 2. The molecule has 0 saturated heterocycles. The minimum atomic E-state index is -0.555. The van der Waals surface area contributed by atoms with Gasteiger partial charge in [0.05, 0.1) is 5.75 Å². The molecule has 1 aromatic heterocycles. The van der Waals surface area contributed by atoms with E-state index < -0.39 is 11.9 Å². The molecule has 0 radical (unpaired) electrons. The van der Waals surface area contributed by atoms with Crippen LogP contribution in [0.3, 0.4) is 0 Å². The van der Waals surface area contributed by atoms with E-state index in [2.05, 4.69) is 27.4 Å². The van der Waals surface area contributed by atoms with Crippen LogP contribution in [0.2, 0.25) is 0 Å². The standard InChI is InChI=1S/C21H21N5O2S/c1-3-13-22-20(28)23-18(27)14-29-21-25-24-19(16-7-5-4-6-8-16)26(21)17-11-9-15(2)10-12-17/h3-12H,1,13-14H2,2H3,(H2,22,23,27,28). The number of carbonyl (C=O) groups excluding carboxylic acids is 2. The van der Waals surface area contributed by atoms with Gasteiger partial charge in [0.2, 0.25) is 5.91 Å². The number of urea groups is 1. The molecule has 0 bridgehead atoms. The van der Waals surface area contributed by atoms with E-state index in [-0.39, 0.29) is 12.3 Å². The van der Waals surface area contributed by atoms with Gasteiger partial charge in [0.25, 0.3) is 0 Å². The maximum absolute atomic E-state index is 12.1.